The van der Waals surface area contributed by atoms with Gasteiger partial charge in [-0.05, 0) is 35.5 Å². The van der Waals surface area contributed by atoms with Gasteiger partial charge in [0.2, 0.25) is 0 Å². The van der Waals surface area contributed by atoms with Crippen LogP contribution < -0.4 is 20.8 Å². The number of ether oxygens (including phenoxy) is 2. The number of nitrogen functional groups attached to an aromatic ring is 1. The van der Waals surface area contributed by atoms with E-state index in [1.807, 2.05) is 48.5 Å². The van der Waals surface area contributed by atoms with Gasteiger partial charge in [0.25, 0.3) is 5.56 Å². The summed E-state index contributed by atoms with van der Waals surface area (Å²) in [4.78, 5) is 14.0. The Morgan fingerprint density at radius 2 is 1.85 bits per heavy atom. The molecule has 6 nitrogen and oxygen atoms in total. The maximum absolute atomic E-state index is 11.4. The average Bonchev–Trinajstić information content (AvgIpc) is 2.64. The van der Waals surface area contributed by atoms with Gasteiger partial charge in [0.1, 0.15) is 12.4 Å². The van der Waals surface area contributed by atoms with Crippen molar-refractivity contribution in [3.05, 3.63) is 80.8 Å². The molecule has 0 spiro atoms. The van der Waals surface area contributed by atoms with Crippen LogP contribution in [0.15, 0.2) is 59.4 Å². The predicted molar refractivity (Wildman–Crippen MR) is 103 cm³/mol. The van der Waals surface area contributed by atoms with Crippen LogP contribution in [0.1, 0.15) is 11.1 Å². The van der Waals surface area contributed by atoms with E-state index in [9.17, 15) is 4.79 Å². The first-order chi connectivity index (χ1) is 12.6. The minimum absolute atomic E-state index is 0.276. The van der Waals surface area contributed by atoms with Crippen LogP contribution in [0.3, 0.4) is 0 Å². The summed E-state index contributed by atoms with van der Waals surface area (Å²) in [5.41, 5.74) is 7.59. The monoisotopic (exact) mass is 369 g/mol. The van der Waals surface area contributed by atoms with Crippen LogP contribution in [0.4, 0.5) is 5.82 Å². The number of methoxy groups -OCH3 is 1. The Morgan fingerprint density at radius 3 is 2.54 bits per heavy atom. The van der Waals surface area contributed by atoms with E-state index in [0.717, 1.165) is 11.1 Å². The third kappa shape index (κ3) is 4.12. The topological polar surface area (TPSA) is 82.3 Å². The maximum atomic E-state index is 11.4. The highest BCUT2D eigenvalue weighted by Gasteiger charge is 2.08. The van der Waals surface area contributed by atoms with Crippen molar-refractivity contribution < 1.29 is 9.47 Å². The minimum Gasteiger partial charge on any atom is -0.493 e. The SMILES string of the molecule is COc1ccc(Cn2c(N)cc(=O)[nH]c2=S)cc1OCc1ccccc1. The highest BCUT2D eigenvalue weighted by Crippen LogP contribution is 2.29. The number of hydrogen-bond donors (Lipinski definition) is 2. The average molecular weight is 369 g/mol. The van der Waals surface area contributed by atoms with Crippen molar-refractivity contribution in [2.24, 2.45) is 0 Å². The summed E-state index contributed by atoms with van der Waals surface area (Å²) in [6.45, 7) is 0.841. The van der Waals surface area contributed by atoms with Gasteiger partial charge in [-0.2, -0.15) is 0 Å². The van der Waals surface area contributed by atoms with Crippen LogP contribution in [0.25, 0.3) is 0 Å². The third-order valence-electron chi connectivity index (χ3n) is 3.87. The van der Waals surface area contributed by atoms with Crippen LogP contribution in [-0.2, 0) is 13.2 Å². The fourth-order valence-electron chi connectivity index (χ4n) is 2.55. The number of hydrogen-bond acceptors (Lipinski definition) is 5. The van der Waals surface area contributed by atoms with Crippen molar-refractivity contribution >= 4 is 18.0 Å². The number of nitrogens with zero attached hydrogens (tertiary/aromatic N) is 1. The Labute approximate surface area is 155 Å². The molecule has 0 aliphatic heterocycles. The molecule has 3 N–H and O–H groups in total. The highest BCUT2D eigenvalue weighted by atomic mass is 32.1. The number of rotatable bonds is 6. The van der Waals surface area contributed by atoms with Gasteiger partial charge in [0.15, 0.2) is 16.3 Å². The van der Waals surface area contributed by atoms with Crippen LogP contribution in [0.2, 0.25) is 0 Å². The van der Waals surface area contributed by atoms with Crippen molar-refractivity contribution in [2.75, 3.05) is 12.8 Å². The highest BCUT2D eigenvalue weighted by molar-refractivity contribution is 7.71. The zero-order valence-corrected chi connectivity index (χ0v) is 15.1. The summed E-state index contributed by atoms with van der Waals surface area (Å²) in [6, 6.07) is 16.8. The van der Waals surface area contributed by atoms with E-state index in [2.05, 4.69) is 4.98 Å². The molecule has 3 rings (SSSR count). The Kier molecular flexibility index (Phi) is 5.38. The minimum atomic E-state index is -0.314. The first-order valence-electron chi connectivity index (χ1n) is 8.00. The third-order valence-corrected chi connectivity index (χ3v) is 4.19. The fourth-order valence-corrected chi connectivity index (χ4v) is 2.82. The molecule has 3 aromatic rings. The molecule has 0 unspecified atom stereocenters. The van der Waals surface area contributed by atoms with Gasteiger partial charge in [-0.15, -0.1) is 0 Å². The molecular formula is C19H19N3O3S. The van der Waals surface area contributed by atoms with Crippen molar-refractivity contribution in [1.82, 2.24) is 9.55 Å². The molecule has 1 heterocycles. The van der Waals surface area contributed by atoms with Gasteiger partial charge in [0.05, 0.1) is 13.7 Å². The number of anilines is 1. The number of aromatic amines is 1. The van der Waals surface area contributed by atoms with Crippen LogP contribution >= 0.6 is 12.2 Å². The summed E-state index contributed by atoms with van der Waals surface area (Å²) >= 11 is 5.19. The second kappa shape index (κ2) is 7.88. The second-order valence-corrected chi connectivity index (χ2v) is 6.10. The lowest BCUT2D eigenvalue weighted by atomic mass is 10.2. The molecule has 0 fully saturated rings. The Bertz CT molecular complexity index is 1010. The number of H-pyrrole nitrogens is 1. The van der Waals surface area contributed by atoms with Crippen LogP contribution in [0, 0.1) is 4.77 Å². The molecule has 0 aliphatic carbocycles. The fraction of sp³-hybridized carbons (Fsp3) is 0.158. The van der Waals surface area contributed by atoms with Crippen LogP contribution in [-0.4, -0.2) is 16.7 Å². The number of nitrogens with two attached hydrogens (primary N) is 1. The molecular weight excluding hydrogens is 350 g/mol. The molecule has 0 radical (unpaired) electrons. The molecule has 1 aromatic heterocycles. The standard InChI is InChI=1S/C19H19N3O3S/c1-24-15-8-7-14(11-22-17(20)10-18(23)21-19(22)26)9-16(15)25-12-13-5-3-2-4-6-13/h2-10H,11-12,20H2,1H3,(H,21,23,26). The van der Waals surface area contributed by atoms with E-state index in [1.54, 1.807) is 11.7 Å². The summed E-state index contributed by atoms with van der Waals surface area (Å²) < 4.78 is 13.2. The molecule has 2 aromatic carbocycles. The molecule has 7 heteroatoms. The second-order valence-electron chi connectivity index (χ2n) is 5.71. The van der Waals surface area contributed by atoms with Crippen molar-refractivity contribution in [1.29, 1.82) is 0 Å². The summed E-state index contributed by atoms with van der Waals surface area (Å²) in [6.07, 6.45) is 0. The number of aromatic nitrogens is 2. The first kappa shape index (κ1) is 17.8. The molecule has 0 atom stereocenters. The smallest absolute Gasteiger partial charge is 0.253 e. The zero-order valence-electron chi connectivity index (χ0n) is 14.3. The first-order valence-corrected chi connectivity index (χ1v) is 8.41. The quantitative estimate of drug-likeness (QED) is 0.653. The van der Waals surface area contributed by atoms with Crippen LogP contribution in [0.5, 0.6) is 11.5 Å². The van der Waals surface area contributed by atoms with Crippen molar-refractivity contribution in [3.8, 4) is 11.5 Å². The van der Waals surface area contributed by atoms with Gasteiger partial charge < -0.3 is 19.8 Å². The molecule has 0 saturated carbocycles. The van der Waals surface area contributed by atoms with E-state index in [4.69, 9.17) is 27.4 Å². The van der Waals surface area contributed by atoms with E-state index >= 15 is 0 Å². The van der Waals surface area contributed by atoms with E-state index in [0.29, 0.717) is 30.5 Å². The molecule has 26 heavy (non-hydrogen) atoms. The molecule has 134 valence electrons. The summed E-state index contributed by atoms with van der Waals surface area (Å²) in [7, 11) is 1.60. The Morgan fingerprint density at radius 1 is 1.08 bits per heavy atom. The molecule has 0 saturated heterocycles. The van der Waals surface area contributed by atoms with Gasteiger partial charge in [-0.3, -0.25) is 9.78 Å². The van der Waals surface area contributed by atoms with Gasteiger partial charge in [-0.25, -0.2) is 0 Å². The Hall–Kier alpha value is -3.06. The van der Waals surface area contributed by atoms with Gasteiger partial charge in [0, 0.05) is 6.07 Å². The zero-order chi connectivity index (χ0) is 18.5. The summed E-state index contributed by atoms with van der Waals surface area (Å²) in [5.74, 6) is 1.58. The van der Waals surface area contributed by atoms with E-state index < -0.39 is 0 Å². The van der Waals surface area contributed by atoms with Crippen molar-refractivity contribution in [2.45, 2.75) is 13.2 Å². The predicted octanol–water partition coefficient (Wildman–Crippen LogP) is 3.12. The lowest BCUT2D eigenvalue weighted by molar-refractivity contribution is 0.284. The summed E-state index contributed by atoms with van der Waals surface area (Å²) in [5, 5.41) is 0. The lowest BCUT2D eigenvalue weighted by Gasteiger charge is -2.14. The van der Waals surface area contributed by atoms with E-state index in [1.165, 1.54) is 6.07 Å². The molecule has 0 amide bonds. The maximum Gasteiger partial charge on any atom is 0.253 e. The molecule has 0 bridgehead atoms. The largest absolute Gasteiger partial charge is 0.493 e. The number of nitrogens with one attached hydrogen (secondary N) is 1. The van der Waals surface area contributed by atoms with Gasteiger partial charge >= 0.3 is 0 Å². The lowest BCUT2D eigenvalue weighted by Crippen LogP contribution is -2.16. The number of benzene rings is 2. The van der Waals surface area contributed by atoms with E-state index in [-0.39, 0.29) is 10.3 Å². The Balaban J connectivity index is 1.85. The normalized spacial score (nSPS) is 10.5. The van der Waals surface area contributed by atoms with Crippen molar-refractivity contribution in [3.63, 3.8) is 0 Å². The van der Waals surface area contributed by atoms with Gasteiger partial charge in [-0.1, -0.05) is 36.4 Å². The molecule has 0 aliphatic rings.